The molecule has 2 unspecified atom stereocenters. The highest BCUT2D eigenvalue weighted by Crippen LogP contribution is 2.45. The molecule has 2 atom stereocenters. The van der Waals surface area contributed by atoms with E-state index in [4.69, 9.17) is 0 Å². The molecule has 0 saturated carbocycles. The van der Waals surface area contributed by atoms with Crippen LogP contribution in [0.15, 0.2) is 66.0 Å². The van der Waals surface area contributed by atoms with Gasteiger partial charge in [0.05, 0.1) is 12.0 Å². The number of ketones is 1. The summed E-state index contributed by atoms with van der Waals surface area (Å²) in [6, 6.07) is 19.0. The maximum absolute atomic E-state index is 14.3. The third-order valence-corrected chi connectivity index (χ3v) is 8.27. The van der Waals surface area contributed by atoms with Crippen LogP contribution in [0.25, 0.3) is 0 Å². The Morgan fingerprint density at radius 2 is 1.65 bits per heavy atom. The zero-order chi connectivity index (χ0) is 26.1. The van der Waals surface area contributed by atoms with Gasteiger partial charge in [0, 0.05) is 54.4 Å². The van der Waals surface area contributed by atoms with Crippen LogP contribution in [0.4, 0.5) is 5.69 Å². The fraction of sp³-hybridized carbons (Fsp3) is 0.367. The molecule has 2 aromatic carbocycles. The van der Waals surface area contributed by atoms with E-state index in [1.165, 1.54) is 0 Å². The molecule has 3 heterocycles. The monoisotopic (exact) mass is 515 g/mol. The van der Waals surface area contributed by atoms with Gasteiger partial charge < -0.3 is 14.7 Å². The normalized spacial score (nSPS) is 19.8. The van der Waals surface area contributed by atoms with Crippen molar-refractivity contribution in [3.63, 3.8) is 0 Å². The van der Waals surface area contributed by atoms with Gasteiger partial charge in [0.2, 0.25) is 5.91 Å². The van der Waals surface area contributed by atoms with E-state index in [9.17, 15) is 14.4 Å². The third kappa shape index (κ3) is 4.92. The minimum absolute atomic E-state index is 0.00516. The van der Waals surface area contributed by atoms with Crippen LogP contribution in [0.2, 0.25) is 0 Å². The first-order valence-electron chi connectivity index (χ1n) is 12.9. The predicted octanol–water partition coefficient (Wildman–Crippen LogP) is 5.24. The average molecular weight is 516 g/mol. The molecule has 37 heavy (non-hydrogen) atoms. The van der Waals surface area contributed by atoms with Crippen molar-refractivity contribution in [2.75, 3.05) is 37.6 Å². The summed E-state index contributed by atoms with van der Waals surface area (Å²) in [5.41, 5.74) is 3.23. The van der Waals surface area contributed by atoms with E-state index < -0.39 is 5.92 Å². The number of amides is 2. The SMILES string of the molecule is CC(=O)c1ccc(N2CCN(C(=O)C3c4ccccc4C(=O)N(CC(C)C)C3c3cccs3)CC2)cc1. The van der Waals surface area contributed by atoms with Gasteiger partial charge in [-0.1, -0.05) is 38.1 Å². The van der Waals surface area contributed by atoms with Crippen molar-refractivity contribution in [2.45, 2.75) is 32.7 Å². The van der Waals surface area contributed by atoms with Gasteiger partial charge in [-0.3, -0.25) is 14.4 Å². The number of Topliss-reactive ketones (excluding diaryl/α,β-unsaturated/α-hetero) is 1. The number of piperazine rings is 1. The van der Waals surface area contributed by atoms with Crippen LogP contribution >= 0.6 is 11.3 Å². The molecule has 1 fully saturated rings. The zero-order valence-corrected chi connectivity index (χ0v) is 22.4. The summed E-state index contributed by atoms with van der Waals surface area (Å²) in [7, 11) is 0. The van der Waals surface area contributed by atoms with Crippen molar-refractivity contribution in [2.24, 2.45) is 5.92 Å². The van der Waals surface area contributed by atoms with Crippen molar-refractivity contribution < 1.29 is 14.4 Å². The zero-order valence-electron chi connectivity index (χ0n) is 21.6. The average Bonchev–Trinajstić information content (AvgIpc) is 3.44. The highest BCUT2D eigenvalue weighted by Gasteiger charge is 2.46. The summed E-state index contributed by atoms with van der Waals surface area (Å²) in [6.45, 7) is 9.06. The van der Waals surface area contributed by atoms with Gasteiger partial charge in [-0.2, -0.15) is 0 Å². The molecule has 0 bridgehead atoms. The molecule has 2 aliphatic heterocycles. The number of rotatable bonds is 6. The second kappa shape index (κ2) is 10.5. The molecule has 7 heteroatoms. The van der Waals surface area contributed by atoms with Gasteiger partial charge in [0.25, 0.3) is 5.91 Å². The fourth-order valence-corrected chi connectivity index (χ4v) is 6.39. The number of anilines is 1. The van der Waals surface area contributed by atoms with Crippen LogP contribution in [0, 0.1) is 5.92 Å². The Kier molecular flexibility index (Phi) is 7.15. The van der Waals surface area contributed by atoms with Gasteiger partial charge in [-0.25, -0.2) is 0 Å². The van der Waals surface area contributed by atoms with Gasteiger partial charge in [-0.15, -0.1) is 11.3 Å². The Labute approximate surface area is 222 Å². The second-order valence-corrected chi connectivity index (χ2v) is 11.3. The van der Waals surface area contributed by atoms with Crippen LogP contribution in [0.3, 0.4) is 0 Å². The second-order valence-electron chi connectivity index (χ2n) is 10.3. The minimum atomic E-state index is -0.437. The van der Waals surface area contributed by atoms with E-state index in [-0.39, 0.29) is 29.6 Å². The van der Waals surface area contributed by atoms with Crippen LogP contribution < -0.4 is 4.90 Å². The number of hydrogen-bond donors (Lipinski definition) is 0. The summed E-state index contributed by atoms with van der Waals surface area (Å²) in [5.74, 6) is -0.0117. The molecule has 5 rings (SSSR count). The van der Waals surface area contributed by atoms with Gasteiger partial charge in [0.15, 0.2) is 5.78 Å². The van der Waals surface area contributed by atoms with Gasteiger partial charge in [-0.05, 0) is 60.2 Å². The molecule has 3 aromatic rings. The molecular formula is C30H33N3O3S. The van der Waals surface area contributed by atoms with E-state index in [2.05, 4.69) is 18.7 Å². The Balaban J connectivity index is 1.43. The summed E-state index contributed by atoms with van der Waals surface area (Å²) in [6.07, 6.45) is 0. The Morgan fingerprint density at radius 1 is 0.946 bits per heavy atom. The molecule has 192 valence electrons. The van der Waals surface area contributed by atoms with Crippen LogP contribution in [0.5, 0.6) is 0 Å². The summed E-state index contributed by atoms with van der Waals surface area (Å²) < 4.78 is 0. The number of carbonyl (C=O) groups is 3. The smallest absolute Gasteiger partial charge is 0.254 e. The summed E-state index contributed by atoms with van der Waals surface area (Å²) >= 11 is 1.61. The van der Waals surface area contributed by atoms with E-state index in [1.54, 1.807) is 18.3 Å². The topological polar surface area (TPSA) is 60.9 Å². The lowest BCUT2D eigenvalue weighted by molar-refractivity contribution is -0.135. The Bertz CT molecular complexity index is 1280. The largest absolute Gasteiger partial charge is 0.368 e. The Hall–Kier alpha value is -3.45. The van der Waals surface area contributed by atoms with Gasteiger partial charge >= 0.3 is 0 Å². The molecule has 2 amide bonds. The van der Waals surface area contributed by atoms with E-state index >= 15 is 0 Å². The maximum Gasteiger partial charge on any atom is 0.254 e. The lowest BCUT2D eigenvalue weighted by atomic mass is 9.80. The van der Waals surface area contributed by atoms with E-state index in [1.807, 2.05) is 75.8 Å². The van der Waals surface area contributed by atoms with Crippen molar-refractivity contribution in [3.8, 4) is 0 Å². The Morgan fingerprint density at radius 3 is 2.27 bits per heavy atom. The number of carbonyl (C=O) groups excluding carboxylic acids is 3. The molecule has 0 N–H and O–H groups in total. The highest BCUT2D eigenvalue weighted by molar-refractivity contribution is 7.10. The summed E-state index contributed by atoms with van der Waals surface area (Å²) in [5, 5.41) is 2.02. The van der Waals surface area contributed by atoms with E-state index in [0.29, 0.717) is 30.8 Å². The third-order valence-electron chi connectivity index (χ3n) is 7.33. The quantitative estimate of drug-likeness (QED) is 0.422. The standard InChI is InChI=1S/C30H33N3O3S/c1-20(2)19-33-28(26-9-6-18-37-26)27(24-7-4-5-8-25(24)29(33)35)30(36)32-16-14-31(15-17-32)23-12-10-22(11-13-23)21(3)34/h4-13,18,20,27-28H,14-17,19H2,1-3H3. The van der Waals surface area contributed by atoms with Crippen molar-refractivity contribution in [1.29, 1.82) is 0 Å². The van der Waals surface area contributed by atoms with Gasteiger partial charge in [0.1, 0.15) is 0 Å². The van der Waals surface area contributed by atoms with Crippen molar-refractivity contribution in [3.05, 3.63) is 87.6 Å². The minimum Gasteiger partial charge on any atom is -0.368 e. The number of benzene rings is 2. The lowest BCUT2D eigenvalue weighted by Gasteiger charge is -2.44. The van der Waals surface area contributed by atoms with Crippen molar-refractivity contribution in [1.82, 2.24) is 9.80 Å². The summed E-state index contributed by atoms with van der Waals surface area (Å²) in [4.78, 5) is 46.7. The molecule has 1 saturated heterocycles. The molecule has 0 aliphatic carbocycles. The first kappa shape index (κ1) is 25.2. The number of nitrogens with zero attached hydrogens (tertiary/aromatic N) is 3. The number of fused-ring (bicyclic) bond motifs is 1. The molecule has 0 radical (unpaired) electrons. The molecule has 0 spiro atoms. The molecule has 1 aromatic heterocycles. The van der Waals surface area contributed by atoms with Crippen LogP contribution in [-0.4, -0.2) is 60.1 Å². The number of thiophene rings is 1. The van der Waals surface area contributed by atoms with Crippen LogP contribution in [0.1, 0.15) is 63.9 Å². The predicted molar refractivity (Wildman–Crippen MR) is 147 cm³/mol. The first-order chi connectivity index (χ1) is 17.8. The van der Waals surface area contributed by atoms with Crippen molar-refractivity contribution >= 4 is 34.6 Å². The molecular weight excluding hydrogens is 482 g/mol. The molecule has 2 aliphatic rings. The van der Waals surface area contributed by atoms with E-state index in [0.717, 1.165) is 29.2 Å². The maximum atomic E-state index is 14.3. The number of hydrogen-bond acceptors (Lipinski definition) is 5. The first-order valence-corrected chi connectivity index (χ1v) is 13.8. The molecule has 6 nitrogen and oxygen atoms in total. The lowest BCUT2D eigenvalue weighted by Crippen LogP contribution is -2.53. The highest BCUT2D eigenvalue weighted by atomic mass is 32.1. The van der Waals surface area contributed by atoms with Crippen LogP contribution in [-0.2, 0) is 4.79 Å². The fourth-order valence-electron chi connectivity index (χ4n) is 5.52.